The van der Waals surface area contributed by atoms with Crippen LogP contribution in [0.15, 0.2) is 24.3 Å². The van der Waals surface area contributed by atoms with Crippen molar-refractivity contribution < 1.29 is 29.0 Å². The monoisotopic (exact) mass is 383 g/mol. The van der Waals surface area contributed by atoms with Crippen LogP contribution in [0.1, 0.15) is 38.8 Å². The van der Waals surface area contributed by atoms with Gasteiger partial charge in [-0.1, -0.05) is 23.7 Å². The summed E-state index contributed by atoms with van der Waals surface area (Å²) in [7, 11) is 0. The summed E-state index contributed by atoms with van der Waals surface area (Å²) < 4.78 is 10.8. The van der Waals surface area contributed by atoms with Crippen molar-refractivity contribution >= 4 is 29.4 Å². The first-order valence-corrected chi connectivity index (χ1v) is 8.56. The normalized spacial score (nSPS) is 20.8. The second-order valence-corrected chi connectivity index (χ2v) is 7.48. The smallest absolute Gasteiger partial charge is 0.326 e. The maximum atomic E-state index is 12.7. The molecule has 0 bridgehead atoms. The lowest BCUT2D eigenvalue weighted by Gasteiger charge is -2.39. The van der Waals surface area contributed by atoms with Gasteiger partial charge in [0.25, 0.3) is 5.91 Å². The Balaban J connectivity index is 2.25. The zero-order valence-electron chi connectivity index (χ0n) is 14.9. The number of hydrogen-bond donors (Lipinski definition) is 1. The molecule has 0 saturated carbocycles. The molecule has 2 rings (SSSR count). The van der Waals surface area contributed by atoms with Crippen LogP contribution < -0.4 is 0 Å². The molecule has 0 aromatic heterocycles. The van der Waals surface area contributed by atoms with E-state index in [2.05, 4.69) is 0 Å². The van der Waals surface area contributed by atoms with Crippen molar-refractivity contribution in [3.05, 3.63) is 34.9 Å². The van der Waals surface area contributed by atoms with E-state index < -0.39 is 42.0 Å². The van der Waals surface area contributed by atoms with Crippen LogP contribution in [0.5, 0.6) is 0 Å². The zero-order valence-corrected chi connectivity index (χ0v) is 15.7. The molecule has 1 aromatic carbocycles. The van der Waals surface area contributed by atoms with Gasteiger partial charge in [0.05, 0.1) is 19.1 Å². The number of ether oxygens (including phenoxy) is 2. The van der Waals surface area contributed by atoms with E-state index in [1.165, 1.54) is 4.90 Å². The molecule has 8 heteroatoms. The fraction of sp³-hybridized carbons (Fsp3) is 0.500. The number of esters is 1. The Morgan fingerprint density at radius 3 is 2.46 bits per heavy atom. The molecular weight excluding hydrogens is 362 g/mol. The minimum atomic E-state index is -1.15. The van der Waals surface area contributed by atoms with Crippen molar-refractivity contribution in [3.8, 4) is 0 Å². The van der Waals surface area contributed by atoms with Gasteiger partial charge in [-0.2, -0.15) is 0 Å². The molecule has 1 saturated heterocycles. The number of nitrogens with zero attached hydrogens (tertiary/aromatic N) is 1. The molecule has 1 amide bonds. The van der Waals surface area contributed by atoms with E-state index in [1.807, 2.05) is 0 Å². The van der Waals surface area contributed by atoms with Crippen molar-refractivity contribution in [3.63, 3.8) is 0 Å². The van der Waals surface area contributed by atoms with Crippen LogP contribution in [0.2, 0.25) is 5.02 Å². The van der Waals surface area contributed by atoms with Crippen LogP contribution >= 0.6 is 11.6 Å². The van der Waals surface area contributed by atoms with E-state index in [0.717, 1.165) is 5.56 Å². The molecule has 1 aromatic rings. The molecular formula is C18H22ClNO6. The second-order valence-electron chi connectivity index (χ2n) is 7.04. The molecule has 1 heterocycles. The lowest BCUT2D eigenvalue weighted by molar-refractivity contribution is -0.173. The quantitative estimate of drug-likeness (QED) is 0.785. The highest BCUT2D eigenvalue weighted by Gasteiger charge is 2.39. The van der Waals surface area contributed by atoms with Crippen LogP contribution in [0.3, 0.4) is 0 Å². The SMILES string of the molecule is CC(C)(C)OC(=O)CN1C(=O)C(CC(=O)O)OCC1c1ccc(Cl)cc1. The van der Waals surface area contributed by atoms with Crippen molar-refractivity contribution in [1.82, 2.24) is 4.90 Å². The number of carbonyl (C=O) groups is 3. The van der Waals surface area contributed by atoms with E-state index in [-0.39, 0.29) is 13.2 Å². The Bertz CT molecular complexity index is 682. The van der Waals surface area contributed by atoms with Gasteiger partial charge < -0.3 is 19.5 Å². The topological polar surface area (TPSA) is 93.1 Å². The fourth-order valence-corrected chi connectivity index (χ4v) is 2.80. The number of carboxylic acids is 1. The molecule has 1 aliphatic rings. The lowest BCUT2D eigenvalue weighted by Crippen LogP contribution is -2.52. The number of halogens is 1. The summed E-state index contributed by atoms with van der Waals surface area (Å²) in [5, 5.41) is 9.50. The standard InChI is InChI=1S/C18H22ClNO6/c1-18(2,3)26-16(23)9-20-13(11-4-6-12(19)7-5-11)10-25-14(17(20)24)8-15(21)22/h4-7,13-14H,8-10H2,1-3H3,(H,21,22). The van der Waals surface area contributed by atoms with Crippen LogP contribution in [0.4, 0.5) is 0 Å². The summed E-state index contributed by atoms with van der Waals surface area (Å²) in [4.78, 5) is 37.2. The first-order chi connectivity index (χ1) is 12.1. The van der Waals surface area contributed by atoms with Gasteiger partial charge in [0.2, 0.25) is 0 Å². The number of carboxylic acid groups (broad SMARTS) is 1. The van der Waals surface area contributed by atoms with Gasteiger partial charge in [-0.05, 0) is 38.5 Å². The molecule has 2 unspecified atom stereocenters. The molecule has 1 N–H and O–H groups in total. The first kappa shape index (κ1) is 20.2. The fourth-order valence-electron chi connectivity index (χ4n) is 2.67. The highest BCUT2D eigenvalue weighted by Crippen LogP contribution is 2.29. The van der Waals surface area contributed by atoms with Crippen molar-refractivity contribution in [2.75, 3.05) is 13.2 Å². The average Bonchev–Trinajstić information content (AvgIpc) is 2.50. The third-order valence-corrected chi connectivity index (χ3v) is 3.98. The van der Waals surface area contributed by atoms with E-state index >= 15 is 0 Å². The van der Waals surface area contributed by atoms with Gasteiger partial charge in [0, 0.05) is 5.02 Å². The number of benzene rings is 1. The van der Waals surface area contributed by atoms with Crippen molar-refractivity contribution in [1.29, 1.82) is 0 Å². The Morgan fingerprint density at radius 2 is 1.92 bits per heavy atom. The summed E-state index contributed by atoms with van der Waals surface area (Å²) in [5.41, 5.74) is 0.0444. The minimum Gasteiger partial charge on any atom is -0.481 e. The van der Waals surface area contributed by atoms with Crippen LogP contribution in [0, 0.1) is 0 Å². The van der Waals surface area contributed by atoms with Gasteiger partial charge in [-0.3, -0.25) is 14.4 Å². The number of morpholine rings is 1. The maximum Gasteiger partial charge on any atom is 0.326 e. The van der Waals surface area contributed by atoms with Gasteiger partial charge in [0.15, 0.2) is 0 Å². The minimum absolute atomic E-state index is 0.0775. The molecule has 0 spiro atoms. The average molecular weight is 384 g/mol. The number of amides is 1. The largest absolute Gasteiger partial charge is 0.481 e. The van der Waals surface area contributed by atoms with E-state index in [4.69, 9.17) is 26.2 Å². The van der Waals surface area contributed by atoms with E-state index in [0.29, 0.717) is 5.02 Å². The number of rotatable bonds is 5. The molecule has 26 heavy (non-hydrogen) atoms. The number of hydrogen-bond acceptors (Lipinski definition) is 5. The first-order valence-electron chi connectivity index (χ1n) is 8.18. The van der Waals surface area contributed by atoms with Crippen LogP contribution in [-0.4, -0.2) is 52.7 Å². The summed E-state index contributed by atoms with van der Waals surface area (Å²) in [5.74, 6) is -2.27. The molecule has 142 valence electrons. The van der Waals surface area contributed by atoms with Gasteiger partial charge in [-0.25, -0.2) is 0 Å². The Morgan fingerprint density at radius 1 is 1.31 bits per heavy atom. The number of carbonyl (C=O) groups excluding carboxylic acids is 2. The summed E-state index contributed by atoms with van der Waals surface area (Å²) >= 11 is 5.90. The predicted octanol–water partition coefficient (Wildman–Crippen LogP) is 2.42. The van der Waals surface area contributed by atoms with E-state index in [9.17, 15) is 14.4 Å². The van der Waals surface area contributed by atoms with Gasteiger partial charge >= 0.3 is 11.9 Å². The molecule has 1 fully saturated rings. The molecule has 0 aliphatic carbocycles. The Labute approximate surface area is 156 Å². The summed E-state index contributed by atoms with van der Waals surface area (Å²) in [6.45, 7) is 4.98. The van der Waals surface area contributed by atoms with Crippen LogP contribution in [0.25, 0.3) is 0 Å². The molecule has 2 atom stereocenters. The van der Waals surface area contributed by atoms with Gasteiger partial charge in [-0.15, -0.1) is 0 Å². The maximum absolute atomic E-state index is 12.7. The van der Waals surface area contributed by atoms with Crippen molar-refractivity contribution in [2.45, 2.75) is 44.9 Å². The highest BCUT2D eigenvalue weighted by molar-refractivity contribution is 6.30. The third kappa shape index (κ3) is 5.44. The predicted molar refractivity (Wildman–Crippen MR) is 93.7 cm³/mol. The van der Waals surface area contributed by atoms with E-state index in [1.54, 1.807) is 45.0 Å². The Kier molecular flexibility index (Phi) is 6.26. The highest BCUT2D eigenvalue weighted by atomic mass is 35.5. The molecule has 1 aliphatic heterocycles. The zero-order chi connectivity index (χ0) is 19.5. The second kappa shape index (κ2) is 8.05. The molecule has 0 radical (unpaired) electrons. The van der Waals surface area contributed by atoms with Crippen LogP contribution in [-0.2, 0) is 23.9 Å². The van der Waals surface area contributed by atoms with Crippen molar-refractivity contribution in [2.24, 2.45) is 0 Å². The third-order valence-electron chi connectivity index (χ3n) is 3.72. The molecule has 7 nitrogen and oxygen atoms in total. The summed E-state index contributed by atoms with van der Waals surface area (Å²) in [6.07, 6.45) is -1.59. The van der Waals surface area contributed by atoms with Gasteiger partial charge in [0.1, 0.15) is 18.2 Å². The lowest BCUT2D eigenvalue weighted by atomic mass is 10.0. The summed E-state index contributed by atoms with van der Waals surface area (Å²) in [6, 6.07) is 6.30. The number of aliphatic carboxylic acids is 1. The Hall–Kier alpha value is -2.12.